The smallest absolute Gasteiger partial charge is 0.269 e. The maximum Gasteiger partial charge on any atom is 0.269 e. The van der Waals surface area contributed by atoms with Gasteiger partial charge in [0.1, 0.15) is 5.69 Å². The molecule has 0 fully saturated rings. The third-order valence-corrected chi connectivity index (χ3v) is 6.41. The lowest BCUT2D eigenvalue weighted by molar-refractivity contribution is -0.128. The van der Waals surface area contributed by atoms with Gasteiger partial charge in [-0.1, -0.05) is 6.08 Å². The summed E-state index contributed by atoms with van der Waals surface area (Å²) in [5, 5.41) is 0.538. The van der Waals surface area contributed by atoms with Crippen LogP contribution in [-0.2, 0) is 4.79 Å². The largest absolute Gasteiger partial charge is 0.493 e. The zero-order valence-corrected chi connectivity index (χ0v) is 21.3. The summed E-state index contributed by atoms with van der Waals surface area (Å²) in [6.45, 7) is 2.40. The van der Waals surface area contributed by atoms with Crippen LogP contribution in [0.15, 0.2) is 30.3 Å². The molecule has 4 rings (SSSR count). The van der Waals surface area contributed by atoms with Gasteiger partial charge in [0.05, 0.1) is 26.8 Å². The van der Waals surface area contributed by atoms with Gasteiger partial charge >= 0.3 is 0 Å². The van der Waals surface area contributed by atoms with E-state index in [4.69, 9.17) is 14.2 Å². The van der Waals surface area contributed by atoms with Crippen LogP contribution >= 0.6 is 0 Å². The van der Waals surface area contributed by atoms with Gasteiger partial charge in [-0.25, -0.2) is 4.39 Å². The number of nitrogens with zero attached hydrogens (tertiary/aromatic N) is 2. The molecule has 36 heavy (non-hydrogen) atoms. The van der Waals surface area contributed by atoms with Crippen molar-refractivity contribution in [1.82, 2.24) is 14.8 Å². The molecule has 1 aromatic heterocycles. The Morgan fingerprint density at radius 1 is 1.00 bits per heavy atom. The Morgan fingerprint density at radius 3 is 2.22 bits per heavy atom. The standard InChI is InChI=1S/C27H30FN3O5/c1-15(32)31-9-7-8-16(14-31)19-12-18(17-10-22(34-4)26(36-6)23(11-17)35-5)20-13-21(27(33)30(2)3)29-25(20)24(19)28/h8,10-13,29H,7,9,14H2,1-6H3. The number of hydrogen-bond donors (Lipinski definition) is 1. The van der Waals surface area contributed by atoms with Crippen molar-refractivity contribution in [3.63, 3.8) is 0 Å². The number of aromatic nitrogens is 1. The lowest BCUT2D eigenvalue weighted by atomic mass is 9.93. The van der Waals surface area contributed by atoms with Crippen LogP contribution in [0.5, 0.6) is 17.2 Å². The number of H-pyrrole nitrogens is 1. The highest BCUT2D eigenvalue weighted by atomic mass is 19.1. The number of nitrogens with one attached hydrogen (secondary N) is 1. The van der Waals surface area contributed by atoms with Crippen molar-refractivity contribution >= 4 is 28.3 Å². The zero-order valence-electron chi connectivity index (χ0n) is 21.3. The Bertz CT molecular complexity index is 1350. The highest BCUT2D eigenvalue weighted by Gasteiger charge is 2.25. The van der Waals surface area contributed by atoms with Gasteiger partial charge < -0.3 is 29.0 Å². The third-order valence-electron chi connectivity index (χ3n) is 6.41. The lowest BCUT2D eigenvalue weighted by Gasteiger charge is -2.27. The summed E-state index contributed by atoms with van der Waals surface area (Å²) in [5.41, 5.74) is 2.92. The Morgan fingerprint density at radius 2 is 1.67 bits per heavy atom. The van der Waals surface area contributed by atoms with Gasteiger partial charge in [0.25, 0.3) is 5.91 Å². The first-order valence-electron chi connectivity index (χ1n) is 11.5. The summed E-state index contributed by atoms with van der Waals surface area (Å²) >= 11 is 0. The van der Waals surface area contributed by atoms with E-state index in [0.717, 1.165) is 0 Å². The lowest BCUT2D eigenvalue weighted by Crippen LogP contribution is -2.33. The van der Waals surface area contributed by atoms with Gasteiger partial charge in [-0.3, -0.25) is 9.59 Å². The second kappa shape index (κ2) is 9.93. The molecule has 0 bridgehead atoms. The monoisotopic (exact) mass is 495 g/mol. The molecule has 1 aliphatic heterocycles. The van der Waals surface area contributed by atoms with Crippen molar-refractivity contribution in [3.05, 3.63) is 47.4 Å². The SMILES string of the molecule is COc1cc(-c2cc(C3=CCCN(C(C)=O)C3)c(F)c3[nH]c(C(=O)N(C)C)cc23)cc(OC)c1OC. The summed E-state index contributed by atoms with van der Waals surface area (Å²) in [6.07, 6.45) is 2.58. The van der Waals surface area contributed by atoms with Crippen LogP contribution in [0, 0.1) is 5.82 Å². The van der Waals surface area contributed by atoms with E-state index < -0.39 is 5.82 Å². The van der Waals surface area contributed by atoms with Gasteiger partial charge in [0, 0.05) is 45.1 Å². The molecule has 9 heteroatoms. The second-order valence-electron chi connectivity index (χ2n) is 8.83. The molecule has 0 radical (unpaired) electrons. The van der Waals surface area contributed by atoms with Crippen LogP contribution in [0.1, 0.15) is 29.4 Å². The van der Waals surface area contributed by atoms with Crippen LogP contribution < -0.4 is 14.2 Å². The number of carbonyl (C=O) groups is 2. The van der Waals surface area contributed by atoms with E-state index in [0.29, 0.717) is 64.4 Å². The highest BCUT2D eigenvalue weighted by molar-refractivity contribution is 6.04. The van der Waals surface area contributed by atoms with E-state index in [9.17, 15) is 9.59 Å². The summed E-state index contributed by atoms with van der Waals surface area (Å²) in [6, 6.07) is 6.98. The van der Waals surface area contributed by atoms with Crippen LogP contribution in [0.4, 0.5) is 4.39 Å². The number of fused-ring (bicyclic) bond motifs is 1. The van der Waals surface area contributed by atoms with E-state index >= 15 is 4.39 Å². The summed E-state index contributed by atoms with van der Waals surface area (Å²) < 4.78 is 32.5. The molecule has 0 saturated carbocycles. The van der Waals surface area contributed by atoms with Crippen molar-refractivity contribution in [2.24, 2.45) is 0 Å². The minimum atomic E-state index is -0.476. The number of rotatable bonds is 6. The number of methoxy groups -OCH3 is 3. The molecule has 2 amide bonds. The molecule has 2 heterocycles. The van der Waals surface area contributed by atoms with Crippen molar-refractivity contribution < 1.29 is 28.2 Å². The highest BCUT2D eigenvalue weighted by Crippen LogP contribution is 2.44. The molecule has 8 nitrogen and oxygen atoms in total. The number of carbonyl (C=O) groups excluding carboxylic acids is 2. The molecular formula is C27H30FN3O5. The van der Waals surface area contributed by atoms with Gasteiger partial charge in [0.15, 0.2) is 17.3 Å². The van der Waals surface area contributed by atoms with E-state index in [2.05, 4.69) is 4.98 Å². The molecule has 0 aliphatic carbocycles. The van der Waals surface area contributed by atoms with Gasteiger partial charge in [-0.2, -0.15) is 0 Å². The Hall–Kier alpha value is -4.01. The maximum absolute atomic E-state index is 16.0. The number of halogens is 1. The Labute approximate surface area is 209 Å². The molecule has 1 aliphatic rings. The maximum atomic E-state index is 16.0. The first kappa shape index (κ1) is 25.1. The topological polar surface area (TPSA) is 84.1 Å². The zero-order chi connectivity index (χ0) is 26.1. The molecule has 0 unspecified atom stereocenters. The normalized spacial score (nSPS) is 13.4. The van der Waals surface area contributed by atoms with Gasteiger partial charge in [0.2, 0.25) is 11.7 Å². The molecule has 1 N–H and O–H groups in total. The second-order valence-corrected chi connectivity index (χ2v) is 8.83. The molecule has 0 spiro atoms. The first-order valence-corrected chi connectivity index (χ1v) is 11.5. The Kier molecular flexibility index (Phi) is 6.92. The van der Waals surface area contributed by atoms with Crippen molar-refractivity contribution in [2.75, 3.05) is 48.5 Å². The first-order chi connectivity index (χ1) is 17.2. The minimum Gasteiger partial charge on any atom is -0.493 e. The summed E-state index contributed by atoms with van der Waals surface area (Å²) in [4.78, 5) is 30.8. The predicted octanol–water partition coefficient (Wildman–Crippen LogP) is 4.34. The number of amides is 2. The molecule has 0 saturated heterocycles. The fourth-order valence-electron chi connectivity index (χ4n) is 4.53. The fraction of sp³-hybridized carbons (Fsp3) is 0.333. The molecule has 190 valence electrons. The number of hydrogen-bond acceptors (Lipinski definition) is 5. The van der Waals surface area contributed by atoms with E-state index in [-0.39, 0.29) is 23.0 Å². The molecule has 0 atom stereocenters. The molecule has 2 aromatic carbocycles. The van der Waals surface area contributed by atoms with E-state index in [1.165, 1.54) is 33.2 Å². The average molecular weight is 496 g/mol. The van der Waals surface area contributed by atoms with Crippen LogP contribution in [0.3, 0.4) is 0 Å². The van der Waals surface area contributed by atoms with E-state index in [1.807, 2.05) is 6.08 Å². The number of aromatic amines is 1. The predicted molar refractivity (Wildman–Crippen MR) is 136 cm³/mol. The molecular weight excluding hydrogens is 465 g/mol. The summed E-state index contributed by atoms with van der Waals surface area (Å²) in [7, 11) is 7.86. The van der Waals surface area contributed by atoms with Crippen molar-refractivity contribution in [3.8, 4) is 28.4 Å². The van der Waals surface area contributed by atoms with Crippen LogP contribution in [0.25, 0.3) is 27.6 Å². The number of benzene rings is 2. The van der Waals surface area contributed by atoms with Crippen LogP contribution in [0.2, 0.25) is 0 Å². The van der Waals surface area contributed by atoms with Crippen molar-refractivity contribution in [1.29, 1.82) is 0 Å². The summed E-state index contributed by atoms with van der Waals surface area (Å²) in [5.74, 6) is 0.521. The minimum absolute atomic E-state index is 0.0642. The molecule has 3 aromatic rings. The fourth-order valence-corrected chi connectivity index (χ4v) is 4.53. The third kappa shape index (κ3) is 4.36. The number of ether oxygens (including phenoxy) is 3. The Balaban J connectivity index is 2.01. The van der Waals surface area contributed by atoms with Crippen LogP contribution in [-0.4, -0.2) is 75.1 Å². The van der Waals surface area contributed by atoms with Gasteiger partial charge in [-0.15, -0.1) is 0 Å². The average Bonchev–Trinajstić information content (AvgIpc) is 3.33. The van der Waals surface area contributed by atoms with Gasteiger partial charge in [-0.05, 0) is 47.4 Å². The van der Waals surface area contributed by atoms with E-state index in [1.54, 1.807) is 43.3 Å². The quantitative estimate of drug-likeness (QED) is 0.550. The van der Waals surface area contributed by atoms with Crippen molar-refractivity contribution in [2.45, 2.75) is 13.3 Å².